The van der Waals surface area contributed by atoms with Gasteiger partial charge in [0, 0.05) is 11.1 Å². The number of aliphatic carboxylic acids is 1. The number of ketones is 1. The normalized spacial score (nSPS) is 12.7. The molecule has 0 saturated heterocycles. The molecule has 2 aromatic carbocycles. The van der Waals surface area contributed by atoms with Gasteiger partial charge in [-0.05, 0) is 30.5 Å². The zero-order chi connectivity index (χ0) is 16.8. The first-order valence-corrected chi connectivity index (χ1v) is 7.66. The molecule has 0 spiro atoms. The molecular weight excluding hydrogens is 288 g/mol. The van der Waals surface area contributed by atoms with E-state index in [2.05, 4.69) is 0 Å². The highest BCUT2D eigenvalue weighted by Gasteiger charge is 2.13. The van der Waals surface area contributed by atoms with E-state index in [-0.39, 0.29) is 5.78 Å². The minimum Gasteiger partial charge on any atom is -0.481 e. The second kappa shape index (κ2) is 7.54. The second-order valence-corrected chi connectivity index (χ2v) is 5.44. The van der Waals surface area contributed by atoms with Crippen LogP contribution < -0.4 is 0 Å². The van der Waals surface area contributed by atoms with Gasteiger partial charge in [0.15, 0.2) is 5.78 Å². The third-order valence-electron chi connectivity index (χ3n) is 3.86. The van der Waals surface area contributed by atoms with Crippen LogP contribution in [0.1, 0.15) is 47.7 Å². The molecule has 0 saturated carbocycles. The Balaban J connectivity index is 2.25. The fraction of sp³-hybridized carbons (Fsp3) is 0.200. The van der Waals surface area contributed by atoms with Crippen molar-refractivity contribution in [1.29, 1.82) is 0 Å². The van der Waals surface area contributed by atoms with E-state index in [0.717, 1.165) is 16.7 Å². The number of hydrogen-bond donors (Lipinski definition) is 1. The number of carbonyl (C=O) groups excluding carboxylic acids is 1. The molecule has 0 heterocycles. The van der Waals surface area contributed by atoms with Crippen LogP contribution in [0.25, 0.3) is 6.08 Å². The Hall–Kier alpha value is -2.68. The van der Waals surface area contributed by atoms with Crippen molar-refractivity contribution in [3.05, 3.63) is 76.9 Å². The lowest BCUT2D eigenvalue weighted by Gasteiger charge is -2.08. The summed E-state index contributed by atoms with van der Waals surface area (Å²) in [4.78, 5) is 23.5. The summed E-state index contributed by atoms with van der Waals surface area (Å²) in [7, 11) is 0. The Kier molecular flexibility index (Phi) is 5.47. The molecule has 0 fully saturated rings. The van der Waals surface area contributed by atoms with Gasteiger partial charge in [0.25, 0.3) is 0 Å². The largest absolute Gasteiger partial charge is 0.481 e. The summed E-state index contributed by atoms with van der Waals surface area (Å²) in [5.74, 6) is -1.36. The van der Waals surface area contributed by atoms with E-state index in [9.17, 15) is 9.59 Å². The Morgan fingerprint density at radius 1 is 1.04 bits per heavy atom. The molecule has 0 aliphatic heterocycles. The minimum atomic E-state index is -0.846. The number of allylic oxidation sites excluding steroid dienone is 1. The number of hydrogen-bond acceptors (Lipinski definition) is 2. The Bertz CT molecular complexity index is 712. The van der Waals surface area contributed by atoms with Gasteiger partial charge in [0.2, 0.25) is 0 Å². The molecule has 1 N–H and O–H groups in total. The van der Waals surface area contributed by atoms with Crippen molar-refractivity contribution < 1.29 is 14.7 Å². The highest BCUT2D eigenvalue weighted by atomic mass is 16.4. The molecule has 0 bridgehead atoms. The number of carboxylic acid groups (broad SMARTS) is 1. The van der Waals surface area contributed by atoms with Crippen LogP contribution in [0, 0.1) is 0 Å². The molecule has 0 aromatic heterocycles. The van der Waals surface area contributed by atoms with E-state index in [1.54, 1.807) is 19.1 Å². The first-order chi connectivity index (χ1) is 11.0. The maximum absolute atomic E-state index is 12.5. The van der Waals surface area contributed by atoms with Crippen molar-refractivity contribution in [3.8, 4) is 0 Å². The molecule has 1 unspecified atom stereocenters. The highest BCUT2D eigenvalue weighted by molar-refractivity contribution is 6.11. The van der Waals surface area contributed by atoms with Crippen molar-refractivity contribution in [2.45, 2.75) is 26.2 Å². The standard InChI is InChI=1S/C20H20O3/c1-3-16(19(21)18-7-5-4-6-8-18)13-15-9-11-17(12-10-15)14(2)20(22)23/h4-14H,3H2,1-2H3,(H,22,23). The average Bonchev–Trinajstić information content (AvgIpc) is 2.59. The topological polar surface area (TPSA) is 54.4 Å². The lowest BCUT2D eigenvalue weighted by atomic mass is 9.97. The van der Waals surface area contributed by atoms with Gasteiger partial charge in [0.05, 0.1) is 5.92 Å². The minimum absolute atomic E-state index is 0.0241. The van der Waals surface area contributed by atoms with Crippen LogP contribution >= 0.6 is 0 Å². The second-order valence-electron chi connectivity index (χ2n) is 5.44. The van der Waals surface area contributed by atoms with Gasteiger partial charge in [-0.25, -0.2) is 0 Å². The molecule has 0 aliphatic rings. The predicted octanol–water partition coefficient (Wildman–Crippen LogP) is 4.55. The number of rotatable bonds is 6. The van der Waals surface area contributed by atoms with Crippen molar-refractivity contribution >= 4 is 17.8 Å². The van der Waals surface area contributed by atoms with E-state index in [1.165, 1.54) is 0 Å². The molecule has 118 valence electrons. The van der Waals surface area contributed by atoms with Crippen molar-refractivity contribution in [1.82, 2.24) is 0 Å². The molecule has 0 amide bonds. The molecule has 2 aromatic rings. The molecule has 1 atom stereocenters. The Labute approximate surface area is 136 Å². The Morgan fingerprint density at radius 2 is 1.65 bits per heavy atom. The number of carbonyl (C=O) groups is 2. The van der Waals surface area contributed by atoms with E-state index in [0.29, 0.717) is 12.0 Å². The van der Waals surface area contributed by atoms with Gasteiger partial charge >= 0.3 is 5.97 Å². The van der Waals surface area contributed by atoms with Gasteiger partial charge in [-0.3, -0.25) is 9.59 Å². The van der Waals surface area contributed by atoms with Gasteiger partial charge in [-0.15, -0.1) is 0 Å². The summed E-state index contributed by atoms with van der Waals surface area (Å²) in [5.41, 5.74) is 3.06. The molecular formula is C20H20O3. The monoisotopic (exact) mass is 308 g/mol. The van der Waals surface area contributed by atoms with Crippen LogP contribution in [0.2, 0.25) is 0 Å². The molecule has 0 radical (unpaired) electrons. The zero-order valence-corrected chi connectivity index (χ0v) is 13.3. The van der Waals surface area contributed by atoms with Crippen molar-refractivity contribution in [2.75, 3.05) is 0 Å². The summed E-state index contributed by atoms with van der Waals surface area (Å²) in [6, 6.07) is 16.5. The summed E-state index contributed by atoms with van der Waals surface area (Å²) in [6.45, 7) is 3.61. The fourth-order valence-electron chi connectivity index (χ4n) is 2.33. The predicted molar refractivity (Wildman–Crippen MR) is 91.5 cm³/mol. The SMILES string of the molecule is CCC(=Cc1ccc(C(C)C(=O)O)cc1)C(=O)c1ccccc1. The van der Waals surface area contributed by atoms with Crippen LogP contribution in [-0.4, -0.2) is 16.9 Å². The third-order valence-corrected chi connectivity index (χ3v) is 3.86. The summed E-state index contributed by atoms with van der Waals surface area (Å²) in [6.07, 6.45) is 2.51. The van der Waals surface area contributed by atoms with E-state index >= 15 is 0 Å². The zero-order valence-electron chi connectivity index (χ0n) is 13.3. The van der Waals surface area contributed by atoms with Gasteiger partial charge in [-0.1, -0.05) is 61.5 Å². The molecule has 2 rings (SSSR count). The third kappa shape index (κ3) is 4.16. The van der Waals surface area contributed by atoms with Crippen molar-refractivity contribution in [2.24, 2.45) is 0 Å². The smallest absolute Gasteiger partial charge is 0.310 e. The number of benzene rings is 2. The van der Waals surface area contributed by atoms with Crippen LogP contribution in [-0.2, 0) is 4.79 Å². The van der Waals surface area contributed by atoms with Crippen LogP contribution in [0.15, 0.2) is 60.2 Å². The first-order valence-electron chi connectivity index (χ1n) is 7.66. The summed E-state index contributed by atoms with van der Waals surface area (Å²) in [5, 5.41) is 9.03. The maximum Gasteiger partial charge on any atom is 0.310 e. The fourth-order valence-corrected chi connectivity index (χ4v) is 2.33. The van der Waals surface area contributed by atoms with Gasteiger partial charge < -0.3 is 5.11 Å². The summed E-state index contributed by atoms with van der Waals surface area (Å²) < 4.78 is 0. The maximum atomic E-state index is 12.5. The van der Waals surface area contributed by atoms with Crippen LogP contribution in [0.4, 0.5) is 0 Å². The van der Waals surface area contributed by atoms with Crippen LogP contribution in [0.3, 0.4) is 0 Å². The Morgan fingerprint density at radius 3 is 2.17 bits per heavy atom. The summed E-state index contributed by atoms with van der Waals surface area (Å²) >= 11 is 0. The first kappa shape index (κ1) is 16.7. The molecule has 3 heteroatoms. The van der Waals surface area contributed by atoms with Gasteiger partial charge in [-0.2, -0.15) is 0 Å². The molecule has 0 aliphatic carbocycles. The molecule has 23 heavy (non-hydrogen) atoms. The van der Waals surface area contributed by atoms with Crippen molar-refractivity contribution in [3.63, 3.8) is 0 Å². The van der Waals surface area contributed by atoms with Gasteiger partial charge in [0.1, 0.15) is 0 Å². The van der Waals surface area contributed by atoms with E-state index < -0.39 is 11.9 Å². The molecule has 3 nitrogen and oxygen atoms in total. The van der Waals surface area contributed by atoms with Crippen LogP contribution in [0.5, 0.6) is 0 Å². The van der Waals surface area contributed by atoms with E-state index in [1.807, 2.05) is 55.5 Å². The quantitative estimate of drug-likeness (QED) is 0.629. The number of Topliss-reactive ketones (excluding diaryl/α,β-unsaturated/α-hetero) is 1. The lowest BCUT2D eigenvalue weighted by Crippen LogP contribution is -2.07. The average molecular weight is 308 g/mol. The lowest BCUT2D eigenvalue weighted by molar-refractivity contribution is -0.138. The number of carboxylic acids is 1. The highest BCUT2D eigenvalue weighted by Crippen LogP contribution is 2.19. The van der Waals surface area contributed by atoms with E-state index in [4.69, 9.17) is 5.11 Å².